The molecule has 0 radical (unpaired) electrons. The summed E-state index contributed by atoms with van der Waals surface area (Å²) in [4.78, 5) is 2.28. The summed E-state index contributed by atoms with van der Waals surface area (Å²) in [6, 6.07) is 6.86. The number of hydrogen-bond donors (Lipinski definition) is 1. The van der Waals surface area contributed by atoms with E-state index in [0.29, 0.717) is 24.0 Å². The largest absolute Gasteiger partial charge is 0.336 e. The molecule has 1 N–H and O–H groups in total. The highest BCUT2D eigenvalue weighted by atomic mass is 15.4. The van der Waals surface area contributed by atoms with Gasteiger partial charge in [-0.05, 0) is 29.0 Å². The third-order valence-corrected chi connectivity index (χ3v) is 4.88. The van der Waals surface area contributed by atoms with Crippen LogP contribution in [0.25, 0.3) is 11.5 Å². The number of benzene rings is 1. The van der Waals surface area contributed by atoms with E-state index in [2.05, 4.69) is 69.1 Å². The van der Waals surface area contributed by atoms with Crippen LogP contribution >= 0.6 is 0 Å². The lowest BCUT2D eigenvalue weighted by atomic mass is 9.93. The minimum absolute atomic E-state index is 0.527. The van der Waals surface area contributed by atoms with E-state index in [9.17, 15) is 0 Å². The fourth-order valence-electron chi connectivity index (χ4n) is 3.43. The van der Waals surface area contributed by atoms with Gasteiger partial charge in [0, 0.05) is 19.6 Å². The van der Waals surface area contributed by atoms with E-state index in [1.54, 1.807) is 6.20 Å². The fraction of sp³-hybridized carbons (Fsp3) is 0.368. The van der Waals surface area contributed by atoms with Gasteiger partial charge in [0.25, 0.3) is 0 Å². The van der Waals surface area contributed by atoms with Crippen LogP contribution in [0.15, 0.2) is 37.1 Å². The number of aromatic nitrogens is 6. The SMILES string of the molecule is C=CCn1c(-c2cn[nH]n2)nnc1N1CCc2ccc(C(C)C)cc2C1. The first kappa shape index (κ1) is 16.5. The van der Waals surface area contributed by atoms with E-state index >= 15 is 0 Å². The van der Waals surface area contributed by atoms with Gasteiger partial charge in [0.2, 0.25) is 5.95 Å². The Hall–Kier alpha value is -2.96. The molecule has 1 aliphatic heterocycles. The van der Waals surface area contributed by atoms with Crippen LogP contribution < -0.4 is 4.90 Å². The summed E-state index contributed by atoms with van der Waals surface area (Å²) < 4.78 is 2.04. The number of aromatic amines is 1. The molecule has 0 saturated carbocycles. The quantitative estimate of drug-likeness (QED) is 0.717. The molecule has 7 nitrogen and oxygen atoms in total. The molecular formula is C19H23N7. The molecule has 0 unspecified atom stereocenters. The normalized spacial score (nSPS) is 13.9. The average molecular weight is 349 g/mol. The Balaban J connectivity index is 1.68. The highest BCUT2D eigenvalue weighted by Gasteiger charge is 2.24. The summed E-state index contributed by atoms with van der Waals surface area (Å²) in [6.07, 6.45) is 4.52. The van der Waals surface area contributed by atoms with E-state index in [1.165, 1.54) is 16.7 Å². The molecule has 3 aromatic rings. The topological polar surface area (TPSA) is 75.5 Å². The second-order valence-electron chi connectivity index (χ2n) is 6.93. The van der Waals surface area contributed by atoms with E-state index < -0.39 is 0 Å². The molecule has 0 aliphatic carbocycles. The number of H-pyrrole nitrogens is 1. The van der Waals surface area contributed by atoms with E-state index in [-0.39, 0.29) is 0 Å². The van der Waals surface area contributed by atoms with Crippen molar-refractivity contribution in [3.63, 3.8) is 0 Å². The van der Waals surface area contributed by atoms with Crippen molar-refractivity contribution >= 4 is 5.95 Å². The van der Waals surface area contributed by atoms with E-state index in [4.69, 9.17) is 0 Å². The number of hydrogen-bond acceptors (Lipinski definition) is 5. The molecule has 0 bridgehead atoms. The average Bonchev–Trinajstić information content (AvgIpc) is 3.30. The molecule has 4 rings (SSSR count). The molecule has 7 heteroatoms. The molecule has 0 atom stereocenters. The van der Waals surface area contributed by atoms with Crippen LogP contribution in [0, 0.1) is 0 Å². The predicted octanol–water partition coefficient (Wildman–Crippen LogP) is 2.94. The summed E-state index contributed by atoms with van der Waals surface area (Å²) in [7, 11) is 0. The lowest BCUT2D eigenvalue weighted by Crippen LogP contribution is -2.32. The molecule has 1 aliphatic rings. The molecule has 1 aromatic carbocycles. The van der Waals surface area contributed by atoms with Crippen LogP contribution in [0.5, 0.6) is 0 Å². The van der Waals surface area contributed by atoms with Crippen LogP contribution in [-0.4, -0.2) is 36.7 Å². The zero-order valence-corrected chi connectivity index (χ0v) is 15.2. The van der Waals surface area contributed by atoms with Crippen molar-refractivity contribution in [2.45, 2.75) is 39.3 Å². The van der Waals surface area contributed by atoms with Crippen molar-refractivity contribution in [1.82, 2.24) is 30.2 Å². The first-order chi connectivity index (χ1) is 12.7. The third-order valence-electron chi connectivity index (χ3n) is 4.88. The number of nitrogens with zero attached hydrogens (tertiary/aromatic N) is 6. The Labute approximate surface area is 152 Å². The van der Waals surface area contributed by atoms with Crippen LogP contribution in [0.3, 0.4) is 0 Å². The highest BCUT2D eigenvalue weighted by Crippen LogP contribution is 2.28. The zero-order chi connectivity index (χ0) is 18.1. The first-order valence-corrected chi connectivity index (χ1v) is 8.94. The van der Waals surface area contributed by atoms with E-state index in [0.717, 1.165) is 25.5 Å². The number of rotatable bonds is 5. The molecule has 26 heavy (non-hydrogen) atoms. The van der Waals surface area contributed by atoms with Gasteiger partial charge >= 0.3 is 0 Å². The van der Waals surface area contributed by atoms with Gasteiger partial charge in [0.15, 0.2) is 5.82 Å². The van der Waals surface area contributed by atoms with Crippen LogP contribution in [0.1, 0.15) is 36.5 Å². The summed E-state index contributed by atoms with van der Waals surface area (Å²) in [5.41, 5.74) is 4.86. The van der Waals surface area contributed by atoms with Crippen molar-refractivity contribution in [2.75, 3.05) is 11.4 Å². The van der Waals surface area contributed by atoms with Crippen LogP contribution in [0.4, 0.5) is 5.95 Å². The molecular weight excluding hydrogens is 326 g/mol. The Kier molecular flexibility index (Phi) is 4.28. The molecule has 134 valence electrons. The first-order valence-electron chi connectivity index (χ1n) is 8.94. The van der Waals surface area contributed by atoms with Crippen molar-refractivity contribution in [1.29, 1.82) is 0 Å². The lowest BCUT2D eigenvalue weighted by molar-refractivity contribution is 0.674. The minimum Gasteiger partial charge on any atom is -0.336 e. The van der Waals surface area contributed by atoms with E-state index in [1.807, 2.05) is 10.6 Å². The van der Waals surface area contributed by atoms with Gasteiger partial charge in [-0.15, -0.1) is 16.8 Å². The number of allylic oxidation sites excluding steroid dienone is 1. The standard InChI is InChI=1S/C19H23N7/c1-4-8-26-18(17-11-20-24-21-17)22-23-19(26)25-9-7-14-5-6-15(13(2)3)10-16(14)12-25/h4-6,10-11,13H,1,7-9,12H2,2-3H3,(H,20,21,24). The van der Waals surface area contributed by atoms with Gasteiger partial charge in [-0.25, -0.2) is 0 Å². The van der Waals surface area contributed by atoms with Crippen LogP contribution in [0.2, 0.25) is 0 Å². The summed E-state index contributed by atoms with van der Waals surface area (Å²) in [6.45, 7) is 10.7. The Morgan fingerprint density at radius 1 is 1.27 bits per heavy atom. The summed E-state index contributed by atoms with van der Waals surface area (Å²) in [5, 5.41) is 19.5. The number of anilines is 1. The van der Waals surface area contributed by atoms with Gasteiger partial charge in [-0.2, -0.15) is 15.4 Å². The van der Waals surface area contributed by atoms with Gasteiger partial charge in [-0.3, -0.25) is 4.57 Å². The fourth-order valence-corrected chi connectivity index (χ4v) is 3.43. The highest BCUT2D eigenvalue weighted by molar-refractivity contribution is 5.52. The lowest BCUT2D eigenvalue weighted by Gasteiger charge is -2.30. The van der Waals surface area contributed by atoms with Gasteiger partial charge in [-0.1, -0.05) is 38.1 Å². The number of nitrogens with one attached hydrogen (secondary N) is 1. The number of fused-ring (bicyclic) bond motifs is 1. The Bertz CT molecular complexity index is 908. The third kappa shape index (κ3) is 2.89. The minimum atomic E-state index is 0.527. The van der Waals surface area contributed by atoms with Crippen molar-refractivity contribution < 1.29 is 0 Å². The second-order valence-corrected chi connectivity index (χ2v) is 6.93. The maximum absolute atomic E-state index is 4.45. The Morgan fingerprint density at radius 3 is 2.88 bits per heavy atom. The van der Waals surface area contributed by atoms with Crippen LogP contribution in [-0.2, 0) is 19.5 Å². The van der Waals surface area contributed by atoms with Crippen molar-refractivity contribution in [2.24, 2.45) is 0 Å². The summed E-state index contributed by atoms with van der Waals surface area (Å²) in [5.74, 6) is 2.08. The zero-order valence-electron chi connectivity index (χ0n) is 15.2. The predicted molar refractivity (Wildman–Crippen MR) is 101 cm³/mol. The van der Waals surface area contributed by atoms with Crippen molar-refractivity contribution in [3.05, 3.63) is 53.7 Å². The maximum Gasteiger partial charge on any atom is 0.228 e. The monoisotopic (exact) mass is 349 g/mol. The maximum atomic E-state index is 4.45. The molecule has 0 spiro atoms. The Morgan fingerprint density at radius 2 is 2.15 bits per heavy atom. The smallest absolute Gasteiger partial charge is 0.228 e. The van der Waals surface area contributed by atoms with Gasteiger partial charge in [0.1, 0.15) is 5.69 Å². The molecule has 3 heterocycles. The van der Waals surface area contributed by atoms with Crippen molar-refractivity contribution in [3.8, 4) is 11.5 Å². The molecule has 2 aromatic heterocycles. The molecule has 0 fully saturated rings. The van der Waals surface area contributed by atoms with Gasteiger partial charge < -0.3 is 4.90 Å². The molecule has 0 saturated heterocycles. The summed E-state index contributed by atoms with van der Waals surface area (Å²) >= 11 is 0. The second kappa shape index (κ2) is 6.74. The van der Waals surface area contributed by atoms with Gasteiger partial charge in [0.05, 0.1) is 6.20 Å². The molecule has 0 amide bonds.